The van der Waals surface area contributed by atoms with Crippen LogP contribution in [0.5, 0.6) is 0 Å². The van der Waals surface area contributed by atoms with E-state index in [-0.39, 0.29) is 0 Å². The van der Waals surface area contributed by atoms with Gasteiger partial charge in [0.25, 0.3) is 0 Å². The maximum absolute atomic E-state index is 2.37. The highest BCUT2D eigenvalue weighted by Crippen LogP contribution is 2.42. The summed E-state index contributed by atoms with van der Waals surface area (Å²) in [5, 5.41) is 0. The van der Waals surface area contributed by atoms with Gasteiger partial charge in [-0.3, -0.25) is 0 Å². The molecule has 0 heteroatoms. The third-order valence-corrected chi connectivity index (χ3v) is 6.40. The fourth-order valence-electron chi connectivity index (χ4n) is 4.94. The minimum atomic E-state index is 1.12. The Labute approximate surface area is 186 Å². The molecule has 0 fully saturated rings. The summed E-state index contributed by atoms with van der Waals surface area (Å²) in [5.74, 6) is 0. The second kappa shape index (κ2) is 8.55. The highest BCUT2D eigenvalue weighted by Gasteiger charge is 2.20. The van der Waals surface area contributed by atoms with E-state index >= 15 is 0 Å². The van der Waals surface area contributed by atoms with E-state index in [0.717, 1.165) is 12.8 Å². The van der Waals surface area contributed by atoms with E-state index in [1.807, 2.05) is 0 Å². The number of hydrogen-bond donors (Lipinski definition) is 0. The summed E-state index contributed by atoms with van der Waals surface area (Å²) in [6.07, 6.45) is 6.95. The fraction of sp³-hybridized carbons (Fsp3) is 0.194. The number of hydrogen-bond acceptors (Lipinski definition) is 0. The molecule has 0 aliphatic heterocycles. The molecule has 0 aromatic heterocycles. The van der Waals surface area contributed by atoms with E-state index in [1.165, 1.54) is 68.5 Å². The van der Waals surface area contributed by atoms with Crippen molar-refractivity contribution in [1.29, 1.82) is 0 Å². The van der Waals surface area contributed by atoms with Gasteiger partial charge in [-0.15, -0.1) is 0 Å². The topological polar surface area (TPSA) is 0 Å². The standard InChI is InChI=1S/C31H29/c1-3-9-22-11-5-7-13-28(22)24-15-17-30-26(19-24)21-27-20-25(16-18-31(27)30)29-14-8-6-12-23(29)10-4-2/h5-8,11-21H,3-4,9-10H2,1-2H3. The summed E-state index contributed by atoms with van der Waals surface area (Å²) in [4.78, 5) is 0. The summed E-state index contributed by atoms with van der Waals surface area (Å²) >= 11 is 0. The summed E-state index contributed by atoms with van der Waals surface area (Å²) in [6.45, 7) is 4.50. The summed E-state index contributed by atoms with van der Waals surface area (Å²) < 4.78 is 0. The van der Waals surface area contributed by atoms with Crippen molar-refractivity contribution >= 4 is 0 Å². The zero-order chi connectivity index (χ0) is 21.2. The predicted octanol–water partition coefficient (Wildman–Crippen LogP) is 8.51. The molecule has 1 radical (unpaired) electrons. The molecule has 1 aliphatic carbocycles. The molecule has 0 saturated carbocycles. The molecule has 0 saturated heterocycles. The van der Waals surface area contributed by atoms with Crippen LogP contribution in [0.4, 0.5) is 0 Å². The lowest BCUT2D eigenvalue weighted by Crippen LogP contribution is -1.90. The van der Waals surface area contributed by atoms with Crippen LogP contribution in [0, 0.1) is 6.42 Å². The minimum absolute atomic E-state index is 1.12. The quantitative estimate of drug-likeness (QED) is 0.267. The number of fused-ring (bicyclic) bond motifs is 3. The van der Waals surface area contributed by atoms with Crippen molar-refractivity contribution in [2.75, 3.05) is 0 Å². The van der Waals surface area contributed by atoms with Crippen molar-refractivity contribution in [3.63, 3.8) is 0 Å². The van der Waals surface area contributed by atoms with Crippen LogP contribution < -0.4 is 0 Å². The molecular formula is C31H29. The smallest absolute Gasteiger partial charge is 0.0212 e. The number of benzene rings is 4. The predicted molar refractivity (Wildman–Crippen MR) is 133 cm³/mol. The average Bonchev–Trinajstić information content (AvgIpc) is 3.17. The first kappa shape index (κ1) is 19.8. The van der Waals surface area contributed by atoms with E-state index in [0.29, 0.717) is 0 Å². The van der Waals surface area contributed by atoms with Gasteiger partial charge in [-0.1, -0.05) is 99.5 Å². The van der Waals surface area contributed by atoms with Crippen molar-refractivity contribution in [2.24, 2.45) is 0 Å². The molecule has 153 valence electrons. The van der Waals surface area contributed by atoms with Crippen LogP contribution >= 0.6 is 0 Å². The average molecular weight is 402 g/mol. The van der Waals surface area contributed by atoms with Crippen LogP contribution in [0.2, 0.25) is 0 Å². The normalized spacial score (nSPS) is 11.9. The molecule has 0 amide bonds. The molecule has 0 unspecified atom stereocenters. The molecule has 4 aromatic rings. The molecule has 0 heterocycles. The Morgan fingerprint density at radius 2 is 0.935 bits per heavy atom. The van der Waals surface area contributed by atoms with Crippen molar-refractivity contribution in [2.45, 2.75) is 39.5 Å². The molecule has 5 rings (SSSR count). The molecule has 31 heavy (non-hydrogen) atoms. The van der Waals surface area contributed by atoms with Gasteiger partial charge >= 0.3 is 0 Å². The lowest BCUT2D eigenvalue weighted by atomic mass is 9.93. The number of rotatable bonds is 6. The van der Waals surface area contributed by atoms with Crippen LogP contribution in [0.25, 0.3) is 33.4 Å². The van der Waals surface area contributed by atoms with E-state index in [9.17, 15) is 0 Å². The maximum atomic E-state index is 2.37. The first-order valence-electron chi connectivity index (χ1n) is 11.6. The Morgan fingerprint density at radius 1 is 0.484 bits per heavy atom. The third-order valence-electron chi connectivity index (χ3n) is 6.40. The van der Waals surface area contributed by atoms with Gasteiger partial charge < -0.3 is 0 Å². The van der Waals surface area contributed by atoms with Crippen LogP contribution in [0.3, 0.4) is 0 Å². The van der Waals surface area contributed by atoms with E-state index in [1.54, 1.807) is 0 Å². The molecule has 4 aromatic carbocycles. The Kier molecular flexibility index (Phi) is 5.47. The summed E-state index contributed by atoms with van der Waals surface area (Å²) in [7, 11) is 0. The van der Waals surface area contributed by atoms with Gasteiger partial charge in [0.2, 0.25) is 0 Å². The van der Waals surface area contributed by atoms with E-state index in [2.05, 4.69) is 105 Å². The maximum Gasteiger partial charge on any atom is 0.0212 e. The fourth-order valence-corrected chi connectivity index (χ4v) is 4.94. The lowest BCUT2D eigenvalue weighted by Gasteiger charge is -2.11. The molecule has 0 nitrogen and oxygen atoms in total. The zero-order valence-corrected chi connectivity index (χ0v) is 18.5. The summed E-state index contributed by atoms with van der Waals surface area (Å²) in [5.41, 5.74) is 13.6. The van der Waals surface area contributed by atoms with Gasteiger partial charge in [-0.05, 0) is 80.6 Å². The van der Waals surface area contributed by atoms with Crippen molar-refractivity contribution in [3.8, 4) is 33.4 Å². The highest BCUT2D eigenvalue weighted by molar-refractivity contribution is 5.86. The Balaban J connectivity index is 1.51. The second-order valence-corrected chi connectivity index (χ2v) is 8.56. The van der Waals surface area contributed by atoms with Crippen molar-refractivity contribution < 1.29 is 0 Å². The second-order valence-electron chi connectivity index (χ2n) is 8.56. The van der Waals surface area contributed by atoms with Crippen LogP contribution in [-0.4, -0.2) is 0 Å². The van der Waals surface area contributed by atoms with E-state index < -0.39 is 0 Å². The van der Waals surface area contributed by atoms with E-state index in [4.69, 9.17) is 0 Å². The van der Waals surface area contributed by atoms with Gasteiger partial charge in [0, 0.05) is 6.42 Å². The third kappa shape index (κ3) is 3.72. The van der Waals surface area contributed by atoms with Crippen molar-refractivity contribution in [1.82, 2.24) is 0 Å². The SMILES string of the molecule is CCCc1ccccc1-c1ccc2c(c1)[CH]c1cc(-c3ccccc3CCC)ccc1-2. The molecule has 0 bridgehead atoms. The Bertz CT molecular complexity index is 1130. The zero-order valence-electron chi connectivity index (χ0n) is 18.5. The van der Waals surface area contributed by atoms with Gasteiger partial charge in [0.1, 0.15) is 0 Å². The van der Waals surface area contributed by atoms with Gasteiger partial charge in [0.15, 0.2) is 0 Å². The molecular weight excluding hydrogens is 372 g/mol. The van der Waals surface area contributed by atoms with Crippen molar-refractivity contribution in [3.05, 3.63) is 114 Å². The highest BCUT2D eigenvalue weighted by atomic mass is 14.2. The first-order chi connectivity index (χ1) is 15.3. The van der Waals surface area contributed by atoms with Gasteiger partial charge in [-0.2, -0.15) is 0 Å². The van der Waals surface area contributed by atoms with Crippen LogP contribution in [0.15, 0.2) is 84.9 Å². The lowest BCUT2D eigenvalue weighted by molar-refractivity contribution is 0.923. The molecule has 1 aliphatic rings. The van der Waals surface area contributed by atoms with Gasteiger partial charge in [0.05, 0.1) is 0 Å². The minimum Gasteiger partial charge on any atom is -0.0651 e. The van der Waals surface area contributed by atoms with Gasteiger partial charge in [-0.25, -0.2) is 0 Å². The largest absolute Gasteiger partial charge is 0.0651 e. The first-order valence-corrected chi connectivity index (χ1v) is 11.6. The van der Waals surface area contributed by atoms with Crippen LogP contribution in [0.1, 0.15) is 48.9 Å². The summed E-state index contributed by atoms with van der Waals surface area (Å²) in [6, 6.07) is 31.6. The molecule has 0 spiro atoms. The Hall–Kier alpha value is -3.12. The molecule has 0 atom stereocenters. The number of aryl methyl sites for hydroxylation is 2. The van der Waals surface area contributed by atoms with Crippen LogP contribution in [-0.2, 0) is 12.8 Å². The Morgan fingerprint density at radius 3 is 1.39 bits per heavy atom. The molecule has 0 N–H and O–H groups in total. The monoisotopic (exact) mass is 401 g/mol.